The van der Waals surface area contributed by atoms with Crippen LogP contribution in [0.15, 0.2) is 0 Å². The Morgan fingerprint density at radius 1 is 0.829 bits per heavy atom. The molecule has 41 heavy (non-hydrogen) atoms. The molecule has 0 radical (unpaired) electrons. The Balaban J connectivity index is 2.31. The molecule has 2 heterocycles. The van der Waals surface area contributed by atoms with Crippen LogP contribution in [0.4, 0.5) is 0 Å². The molecular formula is C18H33NO19S3. The number of hydrogen-bond donors (Lipinski definition) is 7. The molecule has 2 aliphatic heterocycles. The van der Waals surface area contributed by atoms with E-state index in [4.69, 9.17) is 28.1 Å². The third kappa shape index (κ3) is 10.8. The van der Waals surface area contributed by atoms with Gasteiger partial charge in [-0.3, -0.25) is 13.7 Å². The molecule has 0 saturated carbocycles. The minimum absolute atomic E-state index is 0.00287. The van der Waals surface area contributed by atoms with Crippen molar-refractivity contribution >= 4 is 37.1 Å². The zero-order chi connectivity index (χ0) is 31.3. The van der Waals surface area contributed by atoms with Crippen molar-refractivity contribution in [2.45, 2.75) is 62.1 Å². The van der Waals surface area contributed by atoms with Gasteiger partial charge in [-0.1, -0.05) is 6.92 Å². The van der Waals surface area contributed by atoms with Gasteiger partial charge in [0.1, 0.15) is 18.3 Å². The first-order valence-electron chi connectivity index (χ1n) is 11.8. The van der Waals surface area contributed by atoms with Crippen LogP contribution in [0.1, 0.15) is 13.3 Å². The summed E-state index contributed by atoms with van der Waals surface area (Å²) in [6.07, 6.45) is -11.5. The zero-order valence-corrected chi connectivity index (χ0v) is 24.0. The van der Waals surface area contributed by atoms with Gasteiger partial charge < -0.3 is 34.3 Å². The lowest BCUT2D eigenvalue weighted by molar-refractivity contribution is -0.222. The van der Waals surface area contributed by atoms with Gasteiger partial charge in [0.2, 0.25) is 0 Å². The van der Waals surface area contributed by atoms with Crippen LogP contribution >= 0.6 is 0 Å². The first kappa shape index (κ1) is 36.0. The summed E-state index contributed by atoms with van der Waals surface area (Å²) in [6, 6.07) is -1.59. The molecule has 2 saturated heterocycles. The molecule has 0 aliphatic carbocycles. The number of nitrogens with one attached hydrogen (secondary N) is 1. The molecule has 0 bridgehead atoms. The average molecular weight is 664 g/mol. The zero-order valence-electron chi connectivity index (χ0n) is 21.5. The maximum Gasteiger partial charge on any atom is 0.397 e. The van der Waals surface area contributed by atoms with E-state index < -0.39 is 117 Å². The second-order valence-corrected chi connectivity index (χ2v) is 12.5. The fourth-order valence-electron chi connectivity index (χ4n) is 4.68. The van der Waals surface area contributed by atoms with Crippen molar-refractivity contribution in [2.24, 2.45) is 11.8 Å². The number of carboxylic acid groups (broad SMARTS) is 1. The summed E-state index contributed by atoms with van der Waals surface area (Å²) < 4.78 is 127. The van der Waals surface area contributed by atoms with E-state index in [-0.39, 0.29) is 13.0 Å². The highest BCUT2D eigenvalue weighted by atomic mass is 32.3. The standard InChI is InChI=1S/C18H33NO19S3/c1-3-8-15(21)17(38-41(30,31)32)12(37-16(8)18(22)23)6-34-4-9-10(7-35-40(27,28)29)36-11(5-33-2)13(14(9)20)19-39(24,25)26/h8-17,19-21H,3-7H2,1-2H3,(H,22,23)(H,24,25,26)(H,27,28,29)(H,30,31,32). The SMILES string of the molecule is CCC1C(C(=O)O)OC(COCC2C(COS(=O)(=O)O)OC(COC)C(NS(=O)(=O)O)C2O)C(OS(=O)(=O)O)C1O. The first-order chi connectivity index (χ1) is 18.8. The highest BCUT2D eigenvalue weighted by Crippen LogP contribution is 2.33. The number of aliphatic hydroxyl groups is 2. The molecule has 23 heteroatoms. The summed E-state index contributed by atoms with van der Waals surface area (Å²) in [5, 5.41) is 31.1. The first-order valence-corrected chi connectivity index (χ1v) is 15.9. The molecular weight excluding hydrogens is 630 g/mol. The van der Waals surface area contributed by atoms with Gasteiger partial charge in [-0.05, 0) is 6.42 Å². The number of ether oxygens (including phenoxy) is 4. The van der Waals surface area contributed by atoms with Crippen molar-refractivity contribution in [2.75, 3.05) is 33.5 Å². The lowest BCUT2D eigenvalue weighted by Crippen LogP contribution is -2.64. The van der Waals surface area contributed by atoms with Gasteiger partial charge in [0, 0.05) is 18.9 Å². The van der Waals surface area contributed by atoms with Gasteiger partial charge in [0.25, 0.3) is 0 Å². The molecule has 2 rings (SSSR count). The van der Waals surface area contributed by atoms with Crippen LogP contribution < -0.4 is 4.72 Å². The maximum absolute atomic E-state index is 11.7. The summed E-state index contributed by atoms with van der Waals surface area (Å²) in [7, 11) is -13.9. The monoisotopic (exact) mass is 663 g/mol. The fraction of sp³-hybridized carbons (Fsp3) is 0.944. The molecule has 0 aromatic heterocycles. The maximum atomic E-state index is 11.7. The van der Waals surface area contributed by atoms with Gasteiger partial charge in [0.05, 0.1) is 50.8 Å². The van der Waals surface area contributed by atoms with Crippen LogP contribution in [-0.2, 0) is 63.2 Å². The molecule has 2 aliphatic rings. The number of rotatable bonds is 15. The van der Waals surface area contributed by atoms with Crippen molar-refractivity contribution in [1.82, 2.24) is 4.72 Å². The number of aliphatic carboxylic acids is 1. The van der Waals surface area contributed by atoms with Gasteiger partial charge in [0.15, 0.2) is 6.10 Å². The van der Waals surface area contributed by atoms with Crippen LogP contribution in [0.3, 0.4) is 0 Å². The topological polar surface area (TPSA) is 308 Å². The van der Waals surface area contributed by atoms with Crippen molar-refractivity contribution in [3.8, 4) is 0 Å². The Hall–Kier alpha value is -1.16. The van der Waals surface area contributed by atoms with Crippen LogP contribution in [0.2, 0.25) is 0 Å². The van der Waals surface area contributed by atoms with Crippen molar-refractivity contribution in [3.63, 3.8) is 0 Å². The minimum Gasteiger partial charge on any atom is -0.479 e. The molecule has 0 aromatic carbocycles. The second kappa shape index (κ2) is 14.5. The Bertz CT molecular complexity index is 1190. The van der Waals surface area contributed by atoms with Crippen LogP contribution in [0.5, 0.6) is 0 Å². The Morgan fingerprint density at radius 2 is 1.46 bits per heavy atom. The highest BCUT2D eigenvalue weighted by molar-refractivity contribution is 7.83. The van der Waals surface area contributed by atoms with Crippen molar-refractivity contribution in [1.29, 1.82) is 0 Å². The number of carboxylic acids is 1. The molecule has 0 amide bonds. The fourth-order valence-corrected chi connectivity index (χ4v) is 6.14. The number of aliphatic hydroxyl groups excluding tert-OH is 2. The third-order valence-corrected chi connectivity index (χ3v) is 7.89. The van der Waals surface area contributed by atoms with E-state index >= 15 is 0 Å². The average Bonchev–Trinajstić information content (AvgIpc) is 2.81. The lowest BCUT2D eigenvalue weighted by Gasteiger charge is -2.45. The summed E-state index contributed by atoms with van der Waals surface area (Å²) in [6.45, 7) is -1.23. The molecule has 10 atom stereocenters. The van der Waals surface area contributed by atoms with Crippen LogP contribution in [0, 0.1) is 11.8 Å². The summed E-state index contributed by atoms with van der Waals surface area (Å²) >= 11 is 0. The molecule has 0 spiro atoms. The molecule has 0 aromatic rings. The second-order valence-electron chi connectivity index (χ2n) is 9.18. The van der Waals surface area contributed by atoms with E-state index in [9.17, 15) is 49.9 Å². The van der Waals surface area contributed by atoms with E-state index in [1.165, 1.54) is 14.0 Å². The normalized spacial score (nSPS) is 35.3. The van der Waals surface area contributed by atoms with E-state index in [2.05, 4.69) is 8.37 Å². The van der Waals surface area contributed by atoms with E-state index in [1.807, 2.05) is 0 Å². The Kier molecular flexibility index (Phi) is 12.8. The van der Waals surface area contributed by atoms with E-state index in [0.29, 0.717) is 0 Å². The van der Waals surface area contributed by atoms with Gasteiger partial charge >= 0.3 is 37.1 Å². The van der Waals surface area contributed by atoms with Gasteiger partial charge in [-0.25, -0.2) is 13.2 Å². The predicted octanol–water partition coefficient (Wildman–Crippen LogP) is -3.60. The van der Waals surface area contributed by atoms with E-state index in [1.54, 1.807) is 4.72 Å². The lowest BCUT2D eigenvalue weighted by atomic mass is 9.84. The number of methoxy groups -OCH3 is 1. The predicted molar refractivity (Wildman–Crippen MR) is 129 cm³/mol. The molecule has 2 fully saturated rings. The number of carbonyl (C=O) groups is 1. The molecule has 10 unspecified atom stereocenters. The smallest absolute Gasteiger partial charge is 0.397 e. The van der Waals surface area contributed by atoms with E-state index in [0.717, 1.165) is 0 Å². The quantitative estimate of drug-likeness (QED) is 0.0832. The van der Waals surface area contributed by atoms with Crippen molar-refractivity contribution in [3.05, 3.63) is 0 Å². The minimum atomic E-state index is -5.18. The van der Waals surface area contributed by atoms with Gasteiger partial charge in [-0.2, -0.15) is 30.0 Å². The third-order valence-electron chi connectivity index (χ3n) is 6.42. The number of hydrogen-bond acceptors (Lipinski definition) is 15. The molecule has 242 valence electrons. The molecule has 7 N–H and O–H groups in total. The molecule has 20 nitrogen and oxygen atoms in total. The highest BCUT2D eigenvalue weighted by Gasteiger charge is 2.50. The van der Waals surface area contributed by atoms with Crippen molar-refractivity contribution < 1.29 is 86.3 Å². The Labute approximate surface area is 235 Å². The van der Waals surface area contributed by atoms with Gasteiger partial charge in [-0.15, -0.1) is 0 Å². The summed E-state index contributed by atoms with van der Waals surface area (Å²) in [5.41, 5.74) is 0. The summed E-state index contributed by atoms with van der Waals surface area (Å²) in [5.74, 6) is -4.05. The largest absolute Gasteiger partial charge is 0.479 e. The Morgan fingerprint density at radius 3 is 1.95 bits per heavy atom. The summed E-state index contributed by atoms with van der Waals surface area (Å²) in [4.78, 5) is 11.7. The van der Waals surface area contributed by atoms with Crippen LogP contribution in [-0.4, -0.2) is 143 Å². The van der Waals surface area contributed by atoms with Crippen LogP contribution in [0.25, 0.3) is 0 Å².